The summed E-state index contributed by atoms with van der Waals surface area (Å²) in [6.45, 7) is 12.6. The van der Waals surface area contributed by atoms with Crippen LogP contribution in [0.15, 0.2) is 125 Å². The van der Waals surface area contributed by atoms with Crippen molar-refractivity contribution < 1.29 is 0 Å². The third-order valence-electron chi connectivity index (χ3n) is 10.1. The minimum atomic E-state index is 0.269. The third-order valence-corrected chi connectivity index (χ3v) is 12.1. The van der Waals surface area contributed by atoms with Gasteiger partial charge in [-0.25, -0.2) is 15.0 Å². The highest BCUT2D eigenvalue weighted by Gasteiger charge is 2.25. The second kappa shape index (κ2) is 15.4. The number of nitrogens with one attached hydrogen (secondary N) is 1. The maximum atomic E-state index is 10.7. The zero-order valence-corrected chi connectivity index (χ0v) is 34.9. The largest absolute Gasteiger partial charge is 0.338 e. The number of nitriles is 1. The first-order chi connectivity index (χ1) is 28.6. The smallest absolute Gasteiger partial charge is 0.213 e. The van der Waals surface area contributed by atoms with E-state index in [-0.39, 0.29) is 11.4 Å². The van der Waals surface area contributed by atoms with Gasteiger partial charge >= 0.3 is 0 Å². The van der Waals surface area contributed by atoms with Gasteiger partial charge in [0.15, 0.2) is 16.8 Å². The molecule has 59 heavy (non-hydrogen) atoms. The molecule has 0 bridgehead atoms. The van der Waals surface area contributed by atoms with E-state index >= 15 is 0 Å². The molecular formula is C47H38N10S2. The molecule has 9 aromatic rings. The van der Waals surface area contributed by atoms with Crippen molar-refractivity contribution in [2.75, 3.05) is 10.2 Å². The molecular weight excluding hydrogens is 769 g/mol. The van der Waals surface area contributed by atoms with Gasteiger partial charge in [-0.3, -0.25) is 4.90 Å². The summed E-state index contributed by atoms with van der Waals surface area (Å²) in [5, 5.41) is 30.3. The molecule has 1 N–H and O–H groups in total. The van der Waals surface area contributed by atoms with Crippen LogP contribution in [0.25, 0.3) is 36.8 Å². The molecule has 12 heteroatoms. The number of para-hydroxylation sites is 2. The van der Waals surface area contributed by atoms with Crippen LogP contribution in [0.3, 0.4) is 0 Å². The number of azo groups is 1. The molecule has 4 heterocycles. The standard InChI is InChI=1S/C47H38N10S2/c1-27-22-29(3)41(30(4)23-27)52-44-37(20-21-40(51-44)56(43-31(5)24-28(2)25-32(43)6)46-49-35-16-10-12-18-38(35)58-46)53-54-45-34(26-48)42(33-14-8-7-9-15-33)55-57(45)47-50-36-17-11-13-19-39(36)59-47/h7-25H,1-6H3,(H,51,52). The molecule has 0 saturated carbocycles. The van der Waals surface area contributed by atoms with E-state index in [1.807, 2.05) is 84.9 Å². The van der Waals surface area contributed by atoms with Crippen molar-refractivity contribution >= 4 is 82.8 Å². The topological polar surface area (TPSA) is 120 Å². The van der Waals surface area contributed by atoms with Crippen LogP contribution in [-0.2, 0) is 0 Å². The van der Waals surface area contributed by atoms with Crippen molar-refractivity contribution in [1.82, 2.24) is 24.7 Å². The number of rotatable bonds is 9. The Morgan fingerprint density at radius 2 is 1.27 bits per heavy atom. The lowest BCUT2D eigenvalue weighted by Crippen LogP contribution is -2.15. The molecule has 0 atom stereocenters. The van der Waals surface area contributed by atoms with Gasteiger partial charge < -0.3 is 5.32 Å². The molecule has 0 unspecified atom stereocenters. The van der Waals surface area contributed by atoms with E-state index in [1.165, 1.54) is 22.5 Å². The highest BCUT2D eigenvalue weighted by molar-refractivity contribution is 7.22. The fraction of sp³-hybridized carbons (Fsp3) is 0.128. The molecule has 9 rings (SSSR count). The summed E-state index contributed by atoms with van der Waals surface area (Å²) >= 11 is 3.09. The van der Waals surface area contributed by atoms with Gasteiger partial charge in [0.25, 0.3) is 0 Å². The van der Waals surface area contributed by atoms with Gasteiger partial charge in [0.1, 0.15) is 28.8 Å². The fourth-order valence-corrected chi connectivity index (χ4v) is 9.51. The highest BCUT2D eigenvalue weighted by Crippen LogP contribution is 2.44. The average Bonchev–Trinajstić information content (AvgIpc) is 3.95. The molecule has 10 nitrogen and oxygen atoms in total. The van der Waals surface area contributed by atoms with E-state index in [1.54, 1.807) is 16.0 Å². The van der Waals surface area contributed by atoms with E-state index < -0.39 is 0 Å². The minimum Gasteiger partial charge on any atom is -0.338 e. The average molecular weight is 807 g/mol. The Bertz CT molecular complexity index is 3020. The summed E-state index contributed by atoms with van der Waals surface area (Å²) in [5.41, 5.74) is 12.4. The number of hydrogen-bond donors (Lipinski definition) is 1. The number of aromatic nitrogens is 5. The summed E-state index contributed by atoms with van der Waals surface area (Å²) in [4.78, 5) is 17.5. The Labute approximate surface area is 349 Å². The van der Waals surface area contributed by atoms with Crippen LogP contribution in [-0.4, -0.2) is 24.7 Å². The first-order valence-corrected chi connectivity index (χ1v) is 20.7. The van der Waals surface area contributed by atoms with Gasteiger partial charge in [-0.15, -0.1) is 10.2 Å². The maximum absolute atomic E-state index is 10.7. The second-order valence-corrected chi connectivity index (χ2v) is 16.6. The Balaban J connectivity index is 1.24. The first-order valence-electron chi connectivity index (χ1n) is 19.1. The van der Waals surface area contributed by atoms with Gasteiger partial charge in [0, 0.05) is 11.3 Å². The molecule has 0 aliphatic heterocycles. The highest BCUT2D eigenvalue weighted by atomic mass is 32.1. The van der Waals surface area contributed by atoms with Crippen LogP contribution in [0.2, 0.25) is 0 Å². The van der Waals surface area contributed by atoms with Gasteiger partial charge in [-0.05, 0) is 100 Å². The van der Waals surface area contributed by atoms with Crippen LogP contribution in [0.5, 0.6) is 0 Å². The van der Waals surface area contributed by atoms with Crippen LogP contribution >= 0.6 is 22.7 Å². The molecule has 288 valence electrons. The molecule has 0 saturated heterocycles. The number of nitrogens with zero attached hydrogens (tertiary/aromatic N) is 9. The summed E-state index contributed by atoms with van der Waals surface area (Å²) < 4.78 is 3.70. The van der Waals surface area contributed by atoms with Crippen LogP contribution in [0.4, 0.5) is 39.6 Å². The number of hydrogen-bond acceptors (Lipinski definition) is 11. The molecule has 4 aromatic heterocycles. The molecule has 0 radical (unpaired) electrons. The predicted molar refractivity (Wildman–Crippen MR) is 241 cm³/mol. The Kier molecular flexibility index (Phi) is 9.76. The number of fused-ring (bicyclic) bond motifs is 2. The summed E-state index contributed by atoms with van der Waals surface area (Å²) in [5.74, 6) is 1.42. The number of anilines is 5. The van der Waals surface area contributed by atoms with Gasteiger partial charge in [-0.1, -0.05) is 113 Å². The fourth-order valence-electron chi connectivity index (χ4n) is 7.61. The summed E-state index contributed by atoms with van der Waals surface area (Å²) in [6, 6.07) is 40.6. The first kappa shape index (κ1) is 37.5. The van der Waals surface area contributed by atoms with Crippen molar-refractivity contribution in [2.45, 2.75) is 41.5 Å². The Morgan fingerprint density at radius 3 is 1.92 bits per heavy atom. The predicted octanol–water partition coefficient (Wildman–Crippen LogP) is 13.5. The van der Waals surface area contributed by atoms with E-state index in [2.05, 4.69) is 88.2 Å². The Morgan fingerprint density at radius 1 is 0.661 bits per heavy atom. The second-order valence-electron chi connectivity index (χ2n) is 14.6. The number of pyridine rings is 1. The van der Waals surface area contributed by atoms with E-state index in [0.29, 0.717) is 28.1 Å². The van der Waals surface area contributed by atoms with Gasteiger partial charge in [-0.2, -0.15) is 15.0 Å². The van der Waals surface area contributed by atoms with Crippen molar-refractivity contribution in [3.05, 3.63) is 154 Å². The lowest BCUT2D eigenvalue weighted by Gasteiger charge is -2.26. The molecule has 5 aromatic carbocycles. The molecule has 0 amide bonds. The van der Waals surface area contributed by atoms with Crippen LogP contribution in [0.1, 0.15) is 38.9 Å². The number of benzene rings is 5. The number of thiazole rings is 2. The summed E-state index contributed by atoms with van der Waals surface area (Å²) in [6.07, 6.45) is 0. The van der Waals surface area contributed by atoms with Crippen molar-refractivity contribution in [2.24, 2.45) is 10.2 Å². The molecule has 0 aliphatic carbocycles. The molecule has 0 aliphatic rings. The van der Waals surface area contributed by atoms with E-state index in [0.717, 1.165) is 64.8 Å². The number of aryl methyl sites for hydroxylation is 6. The van der Waals surface area contributed by atoms with E-state index in [4.69, 9.17) is 30.3 Å². The normalized spacial score (nSPS) is 11.5. The minimum absolute atomic E-state index is 0.269. The van der Waals surface area contributed by atoms with E-state index in [9.17, 15) is 5.26 Å². The Hall–Kier alpha value is -7.07. The van der Waals surface area contributed by atoms with Crippen molar-refractivity contribution in [3.63, 3.8) is 0 Å². The van der Waals surface area contributed by atoms with Gasteiger partial charge in [0.2, 0.25) is 5.13 Å². The maximum Gasteiger partial charge on any atom is 0.213 e. The zero-order chi connectivity index (χ0) is 40.8. The zero-order valence-electron chi connectivity index (χ0n) is 33.3. The summed E-state index contributed by atoms with van der Waals surface area (Å²) in [7, 11) is 0. The van der Waals surface area contributed by atoms with Crippen LogP contribution in [0, 0.1) is 52.9 Å². The third kappa shape index (κ3) is 7.11. The van der Waals surface area contributed by atoms with Crippen LogP contribution < -0.4 is 10.2 Å². The molecule has 0 fully saturated rings. The quantitative estimate of drug-likeness (QED) is 0.144. The van der Waals surface area contributed by atoms with Crippen molar-refractivity contribution in [3.8, 4) is 22.5 Å². The monoisotopic (exact) mass is 806 g/mol. The lowest BCUT2D eigenvalue weighted by atomic mass is 10.0. The molecule has 0 spiro atoms. The SMILES string of the molecule is Cc1cc(C)c(Nc2nc(N(c3nc4ccccc4s3)c3c(C)cc(C)cc3C)ccc2N=Nc2c(C#N)c(-c3ccccc3)nn2-c2nc3ccccc3s2)c(C)c1. The van der Waals surface area contributed by atoms with Gasteiger partial charge in [0.05, 0.1) is 26.1 Å². The van der Waals surface area contributed by atoms with Crippen molar-refractivity contribution in [1.29, 1.82) is 5.26 Å². The lowest BCUT2D eigenvalue weighted by molar-refractivity contribution is 0.866.